The smallest absolute Gasteiger partial charge is 0.251 e. The molecule has 1 amide bonds. The molecule has 2 N–H and O–H groups in total. The molecule has 0 bridgehead atoms. The van der Waals surface area contributed by atoms with Crippen LogP contribution in [0.25, 0.3) is 0 Å². The van der Waals surface area contributed by atoms with Gasteiger partial charge in [0.05, 0.1) is 13.4 Å². The summed E-state index contributed by atoms with van der Waals surface area (Å²) in [6.45, 7) is 0. The van der Waals surface area contributed by atoms with Crippen molar-refractivity contribution in [3.63, 3.8) is 0 Å². The van der Waals surface area contributed by atoms with Crippen molar-refractivity contribution in [3.05, 3.63) is 36.6 Å². The summed E-state index contributed by atoms with van der Waals surface area (Å²) in [5, 5.41) is 10.9. The lowest BCUT2D eigenvalue weighted by molar-refractivity contribution is -0.112. The second-order valence-electron chi connectivity index (χ2n) is 2.53. The molecule has 0 aliphatic heterocycles. The topological polar surface area (TPSA) is 58.6 Å². The summed E-state index contributed by atoms with van der Waals surface area (Å²) in [7, 11) is 1.57. The summed E-state index contributed by atoms with van der Waals surface area (Å²) in [4.78, 5) is 11.0. The molecule has 0 heterocycles. The van der Waals surface area contributed by atoms with Crippen LogP contribution in [0.2, 0.25) is 0 Å². The number of rotatable bonds is 3. The Bertz CT molecular complexity index is 330. The van der Waals surface area contributed by atoms with Gasteiger partial charge in [0, 0.05) is 11.8 Å². The number of carbonyl (C=O) groups is 1. The van der Waals surface area contributed by atoms with E-state index in [2.05, 4.69) is 5.32 Å². The van der Waals surface area contributed by atoms with Crippen LogP contribution in [0, 0.1) is 0 Å². The van der Waals surface area contributed by atoms with E-state index < -0.39 is 0 Å². The average Bonchev–Trinajstić information content (AvgIpc) is 2.19. The van der Waals surface area contributed by atoms with Gasteiger partial charge in [0.2, 0.25) is 0 Å². The van der Waals surface area contributed by atoms with Gasteiger partial charge >= 0.3 is 0 Å². The largest absolute Gasteiger partial charge is 0.515 e. The normalized spacial score (nSPS) is 10.1. The van der Waals surface area contributed by atoms with Crippen LogP contribution in [0.3, 0.4) is 0 Å². The summed E-state index contributed by atoms with van der Waals surface area (Å²) in [5.41, 5.74) is 0.647. The number of aliphatic hydroxyl groups is 1. The lowest BCUT2D eigenvalue weighted by atomic mass is 10.3. The molecule has 0 aliphatic rings. The molecular formula is C10H11NO3. The van der Waals surface area contributed by atoms with Crippen molar-refractivity contribution in [3.8, 4) is 5.75 Å². The van der Waals surface area contributed by atoms with Crippen LogP contribution in [-0.2, 0) is 4.79 Å². The highest BCUT2D eigenvalue weighted by Gasteiger charge is 1.97. The molecule has 0 atom stereocenters. The molecule has 0 spiro atoms. The van der Waals surface area contributed by atoms with Gasteiger partial charge in [-0.25, -0.2) is 0 Å². The molecule has 1 aromatic rings. The van der Waals surface area contributed by atoms with Crippen LogP contribution in [0.5, 0.6) is 5.75 Å². The minimum atomic E-state index is -0.377. The molecular weight excluding hydrogens is 182 g/mol. The SMILES string of the molecule is COc1ccc(NC(=O)/C=C/O)cc1. The molecule has 0 unspecified atom stereocenters. The highest BCUT2D eigenvalue weighted by Crippen LogP contribution is 2.14. The molecule has 0 saturated heterocycles. The number of ether oxygens (including phenoxy) is 1. The lowest BCUT2D eigenvalue weighted by Crippen LogP contribution is -2.07. The predicted octanol–water partition coefficient (Wildman–Crippen LogP) is 1.71. The molecule has 4 nitrogen and oxygen atoms in total. The van der Waals surface area contributed by atoms with Crippen molar-refractivity contribution in [1.29, 1.82) is 0 Å². The Morgan fingerprint density at radius 3 is 2.57 bits per heavy atom. The molecule has 14 heavy (non-hydrogen) atoms. The van der Waals surface area contributed by atoms with E-state index in [4.69, 9.17) is 9.84 Å². The van der Waals surface area contributed by atoms with E-state index in [1.165, 1.54) is 0 Å². The quantitative estimate of drug-likeness (QED) is 0.567. The van der Waals surface area contributed by atoms with Gasteiger partial charge in [-0.1, -0.05) is 0 Å². The molecule has 0 aromatic heterocycles. The standard InChI is InChI=1S/C10H11NO3/c1-14-9-4-2-8(3-5-9)11-10(13)6-7-12/h2-7,12H,1H3,(H,11,13)/b7-6+. The van der Waals surface area contributed by atoms with E-state index in [-0.39, 0.29) is 5.91 Å². The Balaban J connectivity index is 2.64. The zero-order chi connectivity index (χ0) is 10.4. The Labute approximate surface area is 81.8 Å². The third-order valence-corrected chi connectivity index (χ3v) is 1.58. The molecule has 0 aliphatic carbocycles. The van der Waals surface area contributed by atoms with Crippen molar-refractivity contribution in [2.75, 3.05) is 12.4 Å². The van der Waals surface area contributed by atoms with Crippen LogP contribution in [0.4, 0.5) is 5.69 Å². The highest BCUT2D eigenvalue weighted by atomic mass is 16.5. The number of amides is 1. The van der Waals surface area contributed by atoms with Crippen LogP contribution in [-0.4, -0.2) is 18.1 Å². The second-order valence-corrected chi connectivity index (χ2v) is 2.53. The minimum Gasteiger partial charge on any atom is -0.515 e. The second kappa shape index (κ2) is 4.91. The molecule has 0 fully saturated rings. The first-order chi connectivity index (χ1) is 6.76. The van der Waals surface area contributed by atoms with Crippen LogP contribution >= 0.6 is 0 Å². The first-order valence-electron chi connectivity index (χ1n) is 4.02. The predicted molar refractivity (Wildman–Crippen MR) is 53.4 cm³/mol. The molecule has 4 heteroatoms. The summed E-state index contributed by atoms with van der Waals surface area (Å²) >= 11 is 0. The summed E-state index contributed by atoms with van der Waals surface area (Å²) in [6, 6.07) is 6.89. The number of carbonyl (C=O) groups excluding carboxylic acids is 1. The summed E-state index contributed by atoms with van der Waals surface area (Å²) in [6.07, 6.45) is 1.73. The first-order valence-corrected chi connectivity index (χ1v) is 4.02. The Morgan fingerprint density at radius 2 is 2.07 bits per heavy atom. The fourth-order valence-electron chi connectivity index (χ4n) is 0.926. The minimum absolute atomic E-state index is 0.377. The summed E-state index contributed by atoms with van der Waals surface area (Å²) < 4.78 is 4.95. The van der Waals surface area contributed by atoms with Gasteiger partial charge in [0.1, 0.15) is 5.75 Å². The first kappa shape index (κ1) is 10.1. The van der Waals surface area contributed by atoms with Crippen molar-refractivity contribution in [2.45, 2.75) is 0 Å². The molecule has 1 aromatic carbocycles. The number of hydrogen-bond acceptors (Lipinski definition) is 3. The van der Waals surface area contributed by atoms with Crippen LogP contribution in [0.15, 0.2) is 36.6 Å². The Hall–Kier alpha value is -1.97. The number of methoxy groups -OCH3 is 1. The van der Waals surface area contributed by atoms with E-state index in [1.54, 1.807) is 31.4 Å². The highest BCUT2D eigenvalue weighted by molar-refractivity contribution is 5.99. The molecule has 0 radical (unpaired) electrons. The summed E-state index contributed by atoms with van der Waals surface area (Å²) in [5.74, 6) is 0.346. The monoisotopic (exact) mass is 193 g/mol. The van der Waals surface area contributed by atoms with Gasteiger partial charge in [-0.15, -0.1) is 0 Å². The van der Waals surface area contributed by atoms with E-state index >= 15 is 0 Å². The molecule has 1 rings (SSSR count). The lowest BCUT2D eigenvalue weighted by Gasteiger charge is -2.03. The van der Waals surface area contributed by atoms with Gasteiger partial charge in [-0.2, -0.15) is 0 Å². The van der Waals surface area contributed by atoms with Gasteiger partial charge in [-0.3, -0.25) is 4.79 Å². The van der Waals surface area contributed by atoms with Crippen molar-refractivity contribution < 1.29 is 14.6 Å². The van der Waals surface area contributed by atoms with Gasteiger partial charge in [-0.05, 0) is 24.3 Å². The third kappa shape index (κ3) is 2.82. The fourth-order valence-corrected chi connectivity index (χ4v) is 0.926. The van der Waals surface area contributed by atoms with Crippen LogP contribution in [0.1, 0.15) is 0 Å². The maximum Gasteiger partial charge on any atom is 0.251 e. The number of hydrogen-bond donors (Lipinski definition) is 2. The number of anilines is 1. The Kier molecular flexibility index (Phi) is 3.55. The van der Waals surface area contributed by atoms with Crippen molar-refractivity contribution in [2.24, 2.45) is 0 Å². The molecule has 74 valence electrons. The zero-order valence-corrected chi connectivity index (χ0v) is 7.73. The third-order valence-electron chi connectivity index (χ3n) is 1.58. The number of nitrogens with one attached hydrogen (secondary N) is 1. The van der Waals surface area contributed by atoms with E-state index in [0.29, 0.717) is 11.9 Å². The molecule has 0 saturated carbocycles. The van der Waals surface area contributed by atoms with Crippen molar-refractivity contribution in [1.82, 2.24) is 0 Å². The van der Waals surface area contributed by atoms with Crippen LogP contribution < -0.4 is 10.1 Å². The van der Waals surface area contributed by atoms with E-state index in [0.717, 1.165) is 11.8 Å². The maximum absolute atomic E-state index is 11.0. The number of benzene rings is 1. The fraction of sp³-hybridized carbons (Fsp3) is 0.100. The van der Waals surface area contributed by atoms with Crippen molar-refractivity contribution >= 4 is 11.6 Å². The maximum atomic E-state index is 11.0. The van der Waals surface area contributed by atoms with Gasteiger partial charge < -0.3 is 15.2 Å². The van der Waals surface area contributed by atoms with Gasteiger partial charge in [0.15, 0.2) is 0 Å². The Morgan fingerprint density at radius 1 is 1.43 bits per heavy atom. The zero-order valence-electron chi connectivity index (χ0n) is 7.73. The average molecular weight is 193 g/mol. The van der Waals surface area contributed by atoms with Gasteiger partial charge in [0.25, 0.3) is 5.91 Å². The van der Waals surface area contributed by atoms with E-state index in [1.807, 2.05) is 0 Å². The van der Waals surface area contributed by atoms with E-state index in [9.17, 15) is 4.79 Å². The number of aliphatic hydroxyl groups excluding tert-OH is 1.